The molecule has 0 aliphatic carbocycles. The van der Waals surface area contributed by atoms with Crippen LogP contribution in [0, 0.1) is 12.8 Å². The molecule has 0 aliphatic heterocycles. The molecule has 0 N–H and O–H groups in total. The van der Waals surface area contributed by atoms with Crippen molar-refractivity contribution in [2.75, 3.05) is 0 Å². The van der Waals surface area contributed by atoms with Gasteiger partial charge in [-0.1, -0.05) is 39.5 Å². The van der Waals surface area contributed by atoms with Crippen molar-refractivity contribution in [1.82, 2.24) is 0 Å². The van der Waals surface area contributed by atoms with Crippen LogP contribution in [0.4, 0.5) is 0 Å². The molecule has 1 atom stereocenters. The Balaban J connectivity index is -0.000000320. The van der Waals surface area contributed by atoms with Gasteiger partial charge in [0.15, 0.2) is 0 Å². The Bertz CT molecular complexity index is 57.5. The Kier molecular flexibility index (Phi) is 22.7. The van der Waals surface area contributed by atoms with E-state index >= 15 is 0 Å². The molecule has 0 fully saturated rings. The third-order valence-corrected chi connectivity index (χ3v) is 1.89. The van der Waals surface area contributed by atoms with Crippen LogP contribution in [0.25, 0.3) is 0 Å². The van der Waals surface area contributed by atoms with Crippen LogP contribution >= 0.6 is 0 Å². The van der Waals surface area contributed by atoms with E-state index in [9.17, 15) is 0 Å². The van der Waals surface area contributed by atoms with Crippen molar-refractivity contribution in [3.8, 4) is 0 Å². The number of hydrogen-bond acceptors (Lipinski definition) is 0. The molecule has 0 aliphatic rings. The molecular weight excluding hydrogens is 212 g/mol. The Labute approximate surface area is 98.4 Å². The summed E-state index contributed by atoms with van der Waals surface area (Å²) in [5.74, 6) is 0.927. The Morgan fingerprint density at radius 2 is 1.82 bits per heavy atom. The molecular formula is C9H19BrMg. The molecule has 1 unspecified atom stereocenters. The van der Waals surface area contributed by atoms with E-state index in [1.165, 1.54) is 25.7 Å². The van der Waals surface area contributed by atoms with Gasteiger partial charge in [0.05, 0.1) is 0 Å². The van der Waals surface area contributed by atoms with Crippen LogP contribution in [0.2, 0.25) is 0 Å². The Hall–Kier alpha value is 1.25. The minimum absolute atomic E-state index is 0. The fourth-order valence-corrected chi connectivity index (χ4v) is 0.874. The minimum Gasteiger partial charge on any atom is -1.00 e. The van der Waals surface area contributed by atoms with Gasteiger partial charge in [0.2, 0.25) is 0 Å². The van der Waals surface area contributed by atoms with E-state index in [1.807, 2.05) is 0 Å². The minimum atomic E-state index is 0. The average Bonchev–Trinajstić information content (AvgIpc) is 1.89. The summed E-state index contributed by atoms with van der Waals surface area (Å²) in [6, 6.07) is 0. The summed E-state index contributed by atoms with van der Waals surface area (Å²) in [5, 5.41) is 0. The standard InChI is InChI=1S/C9H19.BrH.Mg/c1-4-6-7-8-9(3)5-2;;/h9H,1,4-8H2,2-3H3;1H;/q-1;;+2/p-1. The van der Waals surface area contributed by atoms with E-state index in [-0.39, 0.29) is 40.0 Å². The van der Waals surface area contributed by atoms with Crippen LogP contribution in [-0.4, -0.2) is 23.1 Å². The first-order valence-electron chi connectivity index (χ1n) is 4.10. The molecule has 0 amide bonds. The fourth-order valence-electron chi connectivity index (χ4n) is 0.874. The molecule has 0 rings (SSSR count). The van der Waals surface area contributed by atoms with Gasteiger partial charge < -0.3 is 23.9 Å². The van der Waals surface area contributed by atoms with E-state index in [1.54, 1.807) is 0 Å². The number of halogens is 1. The second-order valence-electron chi connectivity index (χ2n) is 2.86. The zero-order valence-corrected chi connectivity index (χ0v) is 10.9. The van der Waals surface area contributed by atoms with Crippen molar-refractivity contribution in [1.29, 1.82) is 0 Å². The maximum Gasteiger partial charge on any atom is 2.00 e. The first-order valence-corrected chi connectivity index (χ1v) is 4.10. The van der Waals surface area contributed by atoms with Crippen LogP contribution in [0.15, 0.2) is 0 Å². The summed E-state index contributed by atoms with van der Waals surface area (Å²) in [4.78, 5) is 0. The topological polar surface area (TPSA) is 0 Å². The molecule has 64 valence electrons. The van der Waals surface area contributed by atoms with Gasteiger partial charge >= 0.3 is 23.1 Å². The molecule has 0 aromatic carbocycles. The summed E-state index contributed by atoms with van der Waals surface area (Å²) >= 11 is 0. The summed E-state index contributed by atoms with van der Waals surface area (Å²) < 4.78 is 0. The fraction of sp³-hybridized carbons (Fsp3) is 0.889. The van der Waals surface area contributed by atoms with E-state index in [0.29, 0.717) is 0 Å². The van der Waals surface area contributed by atoms with Crippen molar-refractivity contribution in [2.45, 2.75) is 46.0 Å². The van der Waals surface area contributed by atoms with Crippen LogP contribution in [0.5, 0.6) is 0 Å². The van der Waals surface area contributed by atoms with Crippen molar-refractivity contribution < 1.29 is 17.0 Å². The second-order valence-corrected chi connectivity index (χ2v) is 2.86. The first kappa shape index (κ1) is 18.1. The van der Waals surface area contributed by atoms with Gasteiger partial charge in [-0.2, -0.15) is 6.42 Å². The number of rotatable bonds is 5. The van der Waals surface area contributed by atoms with Crippen LogP contribution in [0.1, 0.15) is 46.0 Å². The molecule has 0 saturated heterocycles. The Morgan fingerprint density at radius 3 is 2.18 bits per heavy atom. The van der Waals surface area contributed by atoms with Crippen molar-refractivity contribution >= 4 is 23.1 Å². The van der Waals surface area contributed by atoms with Gasteiger partial charge in [-0.3, -0.25) is 0 Å². The summed E-state index contributed by atoms with van der Waals surface area (Å²) in [5.41, 5.74) is 0. The van der Waals surface area contributed by atoms with Gasteiger partial charge in [-0.15, -0.1) is 0 Å². The normalized spacial score (nSPS) is 11.2. The van der Waals surface area contributed by atoms with Crippen molar-refractivity contribution in [3.05, 3.63) is 6.92 Å². The van der Waals surface area contributed by atoms with E-state index in [4.69, 9.17) is 0 Å². The molecule has 0 bridgehead atoms. The molecule has 11 heavy (non-hydrogen) atoms. The number of hydrogen-bond donors (Lipinski definition) is 0. The second kappa shape index (κ2) is 13.8. The molecule has 0 heterocycles. The van der Waals surface area contributed by atoms with Crippen LogP contribution < -0.4 is 17.0 Å². The molecule has 0 saturated carbocycles. The van der Waals surface area contributed by atoms with Crippen molar-refractivity contribution in [3.63, 3.8) is 0 Å². The zero-order valence-electron chi connectivity index (χ0n) is 7.91. The molecule has 2 heteroatoms. The van der Waals surface area contributed by atoms with Gasteiger partial charge in [-0.25, -0.2) is 0 Å². The summed E-state index contributed by atoms with van der Waals surface area (Å²) in [6.07, 6.45) is 6.52. The molecule has 0 aromatic rings. The smallest absolute Gasteiger partial charge is 1.00 e. The molecule has 0 aromatic heterocycles. The summed E-state index contributed by atoms with van der Waals surface area (Å²) in [6.45, 7) is 8.39. The largest absolute Gasteiger partial charge is 2.00 e. The number of unbranched alkanes of at least 4 members (excludes halogenated alkanes) is 2. The van der Waals surface area contributed by atoms with Gasteiger partial charge in [0.1, 0.15) is 0 Å². The van der Waals surface area contributed by atoms with Crippen LogP contribution in [0.3, 0.4) is 0 Å². The van der Waals surface area contributed by atoms with E-state index < -0.39 is 0 Å². The maximum atomic E-state index is 3.81. The average molecular weight is 231 g/mol. The predicted molar refractivity (Wildman–Crippen MR) is 49.0 cm³/mol. The molecule has 0 nitrogen and oxygen atoms in total. The van der Waals surface area contributed by atoms with E-state index in [2.05, 4.69) is 20.8 Å². The Morgan fingerprint density at radius 1 is 1.27 bits per heavy atom. The monoisotopic (exact) mass is 230 g/mol. The molecule has 0 radical (unpaired) electrons. The van der Waals surface area contributed by atoms with Gasteiger partial charge in [0, 0.05) is 0 Å². The quantitative estimate of drug-likeness (QED) is 0.356. The summed E-state index contributed by atoms with van der Waals surface area (Å²) in [7, 11) is 0. The zero-order chi connectivity index (χ0) is 7.11. The molecule has 0 spiro atoms. The first-order chi connectivity index (χ1) is 4.31. The van der Waals surface area contributed by atoms with Crippen LogP contribution in [-0.2, 0) is 0 Å². The van der Waals surface area contributed by atoms with E-state index in [0.717, 1.165) is 12.3 Å². The predicted octanol–water partition coefficient (Wildman–Crippen LogP) is 0.0502. The third kappa shape index (κ3) is 14.1. The van der Waals surface area contributed by atoms with Gasteiger partial charge in [-0.05, 0) is 5.92 Å². The maximum absolute atomic E-state index is 3.81. The van der Waals surface area contributed by atoms with Gasteiger partial charge in [0.25, 0.3) is 0 Å². The van der Waals surface area contributed by atoms with Crippen molar-refractivity contribution in [2.24, 2.45) is 5.92 Å². The third-order valence-electron chi connectivity index (χ3n) is 1.89. The SMILES string of the molecule is [Br-].[CH2-]CCCCC(C)CC.[Mg+2].